The van der Waals surface area contributed by atoms with Crippen LogP contribution in [0.15, 0.2) is 18.2 Å². The predicted octanol–water partition coefficient (Wildman–Crippen LogP) is 1.86. The van der Waals surface area contributed by atoms with E-state index in [2.05, 4.69) is 10.2 Å². The van der Waals surface area contributed by atoms with Crippen LogP contribution in [0.3, 0.4) is 0 Å². The van der Waals surface area contributed by atoms with Crippen LogP contribution in [0.4, 0.5) is 0 Å². The molecule has 0 bridgehead atoms. The van der Waals surface area contributed by atoms with E-state index >= 15 is 0 Å². The number of piperidine rings is 1. The molecule has 4 aliphatic rings. The first kappa shape index (κ1) is 21.4. The Morgan fingerprint density at radius 1 is 1.00 bits per heavy atom. The molecular formula is C24H31N3O5. The highest BCUT2D eigenvalue weighted by Gasteiger charge is 2.39. The zero-order chi connectivity index (χ0) is 22.1. The zero-order valence-corrected chi connectivity index (χ0v) is 18.4. The average molecular weight is 442 g/mol. The van der Waals surface area contributed by atoms with E-state index in [1.54, 1.807) is 4.90 Å². The fourth-order valence-electron chi connectivity index (χ4n) is 5.52. The number of carbonyl (C=O) groups is 3. The van der Waals surface area contributed by atoms with Crippen molar-refractivity contribution in [3.05, 3.63) is 29.3 Å². The van der Waals surface area contributed by atoms with Crippen molar-refractivity contribution in [2.45, 2.75) is 69.7 Å². The molecular weight excluding hydrogens is 410 g/mol. The fourth-order valence-corrected chi connectivity index (χ4v) is 5.52. The number of ether oxygens (including phenoxy) is 2. The van der Waals surface area contributed by atoms with E-state index in [4.69, 9.17) is 9.47 Å². The summed E-state index contributed by atoms with van der Waals surface area (Å²) in [5, 5.41) is 2.35. The second kappa shape index (κ2) is 9.19. The lowest BCUT2D eigenvalue weighted by atomic mass is 10.0. The maximum Gasteiger partial charge on any atom is 0.255 e. The Morgan fingerprint density at radius 3 is 2.62 bits per heavy atom. The molecule has 3 fully saturated rings. The van der Waals surface area contributed by atoms with E-state index in [-0.39, 0.29) is 30.2 Å². The lowest BCUT2D eigenvalue weighted by molar-refractivity contribution is -0.136. The topological polar surface area (TPSA) is 88.2 Å². The summed E-state index contributed by atoms with van der Waals surface area (Å²) in [6, 6.07) is 5.45. The van der Waals surface area contributed by atoms with Crippen molar-refractivity contribution in [2.75, 3.05) is 26.3 Å². The molecule has 1 aromatic carbocycles. The van der Waals surface area contributed by atoms with Crippen molar-refractivity contribution in [1.82, 2.24) is 15.1 Å². The SMILES string of the molecule is O=C1CCC(N2Cc3cc(O[C@H]4CCCCC[C@H]4N4CCOCC4)ccc3C2=O)C(=O)N1. The number of amides is 3. The van der Waals surface area contributed by atoms with Gasteiger partial charge in [0, 0.05) is 37.7 Å². The van der Waals surface area contributed by atoms with Gasteiger partial charge in [0.25, 0.3) is 5.91 Å². The molecule has 8 nitrogen and oxygen atoms in total. The van der Waals surface area contributed by atoms with Gasteiger partial charge in [-0.15, -0.1) is 0 Å². The molecule has 2 saturated heterocycles. The molecule has 0 spiro atoms. The molecule has 1 N–H and O–H groups in total. The minimum Gasteiger partial charge on any atom is -0.489 e. The van der Waals surface area contributed by atoms with Crippen LogP contribution in [0.2, 0.25) is 0 Å². The van der Waals surface area contributed by atoms with Crippen LogP contribution >= 0.6 is 0 Å². The van der Waals surface area contributed by atoms with Crippen molar-refractivity contribution in [3.63, 3.8) is 0 Å². The highest BCUT2D eigenvalue weighted by Crippen LogP contribution is 2.32. The molecule has 3 aliphatic heterocycles. The summed E-state index contributed by atoms with van der Waals surface area (Å²) >= 11 is 0. The zero-order valence-electron chi connectivity index (χ0n) is 18.4. The predicted molar refractivity (Wildman–Crippen MR) is 116 cm³/mol. The fraction of sp³-hybridized carbons (Fsp3) is 0.625. The summed E-state index contributed by atoms with van der Waals surface area (Å²) in [7, 11) is 0. The third-order valence-corrected chi connectivity index (χ3v) is 7.21. The van der Waals surface area contributed by atoms with Gasteiger partial charge in [-0.1, -0.05) is 12.8 Å². The van der Waals surface area contributed by atoms with Gasteiger partial charge < -0.3 is 14.4 Å². The lowest BCUT2D eigenvalue weighted by Crippen LogP contribution is -2.52. The number of rotatable bonds is 4. The normalized spacial score (nSPS) is 29.4. The monoisotopic (exact) mass is 441 g/mol. The van der Waals surface area contributed by atoms with Gasteiger partial charge in [0.15, 0.2) is 0 Å². The number of hydrogen-bond donors (Lipinski definition) is 1. The van der Waals surface area contributed by atoms with Gasteiger partial charge in [0.05, 0.1) is 13.2 Å². The number of carbonyl (C=O) groups excluding carboxylic acids is 3. The molecule has 32 heavy (non-hydrogen) atoms. The quantitative estimate of drug-likeness (QED) is 0.567. The van der Waals surface area contributed by atoms with Crippen LogP contribution in [-0.2, 0) is 20.9 Å². The van der Waals surface area contributed by atoms with E-state index < -0.39 is 6.04 Å². The molecule has 172 valence electrons. The molecule has 3 heterocycles. The molecule has 5 rings (SSSR count). The Balaban J connectivity index is 1.31. The molecule has 8 heteroatoms. The summed E-state index contributed by atoms with van der Waals surface area (Å²) in [6.45, 7) is 3.82. The molecule has 1 aromatic rings. The molecule has 3 amide bonds. The van der Waals surface area contributed by atoms with E-state index in [0.717, 1.165) is 56.9 Å². The van der Waals surface area contributed by atoms with Gasteiger partial charge in [0.2, 0.25) is 11.8 Å². The van der Waals surface area contributed by atoms with Crippen LogP contribution < -0.4 is 10.1 Å². The van der Waals surface area contributed by atoms with E-state index in [1.807, 2.05) is 18.2 Å². The van der Waals surface area contributed by atoms with Crippen molar-refractivity contribution in [2.24, 2.45) is 0 Å². The number of benzene rings is 1. The number of morpholine rings is 1. The van der Waals surface area contributed by atoms with Crippen LogP contribution in [0.25, 0.3) is 0 Å². The lowest BCUT2D eigenvalue weighted by Gasteiger charge is -2.38. The third-order valence-electron chi connectivity index (χ3n) is 7.21. The van der Waals surface area contributed by atoms with Gasteiger partial charge in [-0.25, -0.2) is 0 Å². The summed E-state index contributed by atoms with van der Waals surface area (Å²) in [4.78, 5) is 40.8. The Bertz CT molecular complexity index is 898. The van der Waals surface area contributed by atoms with Gasteiger partial charge in [0.1, 0.15) is 17.9 Å². The minimum atomic E-state index is -0.593. The summed E-state index contributed by atoms with van der Waals surface area (Å²) in [5.41, 5.74) is 1.50. The number of nitrogens with one attached hydrogen (secondary N) is 1. The summed E-state index contributed by atoms with van der Waals surface area (Å²) < 4.78 is 12.1. The second-order valence-corrected chi connectivity index (χ2v) is 9.23. The van der Waals surface area contributed by atoms with Crippen molar-refractivity contribution in [3.8, 4) is 5.75 Å². The average Bonchev–Trinajstić information content (AvgIpc) is 2.95. The van der Waals surface area contributed by atoms with Crippen LogP contribution in [0, 0.1) is 0 Å². The Hall–Kier alpha value is -2.45. The maximum absolute atomic E-state index is 12.9. The number of nitrogens with zero attached hydrogens (tertiary/aromatic N) is 2. The van der Waals surface area contributed by atoms with Crippen molar-refractivity contribution < 1.29 is 23.9 Å². The smallest absolute Gasteiger partial charge is 0.255 e. The van der Waals surface area contributed by atoms with Crippen molar-refractivity contribution in [1.29, 1.82) is 0 Å². The van der Waals surface area contributed by atoms with Gasteiger partial charge in [-0.05, 0) is 49.4 Å². The van der Waals surface area contributed by atoms with Crippen LogP contribution in [0.5, 0.6) is 5.75 Å². The molecule has 0 radical (unpaired) electrons. The first-order chi connectivity index (χ1) is 15.6. The van der Waals surface area contributed by atoms with Crippen molar-refractivity contribution >= 4 is 17.7 Å². The standard InChI is InChI=1S/C24H31N3O5/c28-22-9-8-20(23(29)25-22)27-15-16-14-17(6-7-18(16)24(27)30)32-21-5-3-1-2-4-19(21)26-10-12-31-13-11-26/h6-7,14,19-21H,1-5,8-13,15H2,(H,25,28,29)/t19-,20?,21+/m1/s1. The minimum absolute atomic E-state index is 0.122. The van der Waals surface area contributed by atoms with Gasteiger partial charge >= 0.3 is 0 Å². The Labute approximate surface area is 188 Å². The van der Waals surface area contributed by atoms with E-state index in [1.165, 1.54) is 12.8 Å². The number of hydrogen-bond acceptors (Lipinski definition) is 6. The second-order valence-electron chi connectivity index (χ2n) is 9.23. The number of fused-ring (bicyclic) bond motifs is 1. The maximum atomic E-state index is 12.9. The van der Waals surface area contributed by atoms with E-state index in [9.17, 15) is 14.4 Å². The third kappa shape index (κ3) is 4.26. The van der Waals surface area contributed by atoms with Crippen LogP contribution in [-0.4, -0.2) is 72.0 Å². The molecule has 3 atom stereocenters. The first-order valence-electron chi connectivity index (χ1n) is 11.9. The first-order valence-corrected chi connectivity index (χ1v) is 11.9. The highest BCUT2D eigenvalue weighted by atomic mass is 16.5. The molecule has 1 saturated carbocycles. The molecule has 0 aromatic heterocycles. The number of imide groups is 1. The Kier molecular flexibility index (Phi) is 6.15. The Morgan fingerprint density at radius 2 is 1.81 bits per heavy atom. The van der Waals surface area contributed by atoms with Gasteiger partial charge in [-0.3, -0.25) is 24.6 Å². The molecule has 1 aliphatic carbocycles. The molecule has 1 unspecified atom stereocenters. The van der Waals surface area contributed by atoms with Gasteiger partial charge in [-0.2, -0.15) is 0 Å². The summed E-state index contributed by atoms with van der Waals surface area (Å²) in [6.07, 6.45) is 6.54. The summed E-state index contributed by atoms with van der Waals surface area (Å²) in [5.74, 6) is -0.0245. The van der Waals surface area contributed by atoms with E-state index in [0.29, 0.717) is 24.6 Å². The largest absolute Gasteiger partial charge is 0.489 e. The highest BCUT2D eigenvalue weighted by molar-refractivity contribution is 6.05. The van der Waals surface area contributed by atoms with Crippen LogP contribution in [0.1, 0.15) is 60.9 Å².